The van der Waals surface area contributed by atoms with E-state index >= 15 is 0 Å². The smallest absolute Gasteiger partial charge is 0.239 e. The predicted octanol–water partition coefficient (Wildman–Crippen LogP) is -1.39. The lowest BCUT2D eigenvalue weighted by molar-refractivity contribution is -0.349. The van der Waals surface area contributed by atoms with Crippen molar-refractivity contribution in [2.45, 2.75) is 68.3 Å². The van der Waals surface area contributed by atoms with Crippen molar-refractivity contribution in [1.29, 1.82) is 0 Å². The van der Waals surface area contributed by atoms with Gasteiger partial charge in [0.05, 0.1) is 12.7 Å². The van der Waals surface area contributed by atoms with Gasteiger partial charge in [0.25, 0.3) is 0 Å². The van der Waals surface area contributed by atoms with E-state index in [9.17, 15) is 50.8 Å². The molecule has 0 amide bonds. The molecule has 3 aromatic rings. The van der Waals surface area contributed by atoms with Gasteiger partial charge in [-0.15, -0.1) is 0 Å². The van der Waals surface area contributed by atoms with Crippen LogP contribution in [-0.2, 0) is 14.2 Å². The molecule has 0 bridgehead atoms. The molecular weight excluding hydrogens is 564 g/mol. The van der Waals surface area contributed by atoms with Gasteiger partial charge in [0.2, 0.25) is 17.5 Å². The largest absolute Gasteiger partial charge is 0.508 e. The van der Waals surface area contributed by atoms with E-state index in [2.05, 4.69) is 0 Å². The van der Waals surface area contributed by atoms with Crippen LogP contribution in [0.1, 0.15) is 6.92 Å². The molecule has 2 aromatic carbocycles. The van der Waals surface area contributed by atoms with Crippen LogP contribution in [0.15, 0.2) is 45.6 Å². The Morgan fingerprint density at radius 3 is 2.17 bits per heavy atom. The van der Waals surface area contributed by atoms with E-state index in [1.165, 1.54) is 31.2 Å². The first-order valence-electron chi connectivity index (χ1n) is 12.9. The lowest BCUT2D eigenvalue weighted by Crippen LogP contribution is -2.64. The number of fused-ring (bicyclic) bond motifs is 1. The first-order chi connectivity index (χ1) is 19.9. The normalized spacial score (nSPS) is 33.5. The molecule has 2 aliphatic rings. The fourth-order valence-corrected chi connectivity index (χ4v) is 4.89. The number of phenols is 3. The van der Waals surface area contributed by atoms with E-state index < -0.39 is 90.7 Å². The molecule has 0 radical (unpaired) electrons. The van der Waals surface area contributed by atoms with E-state index in [0.29, 0.717) is 0 Å². The van der Waals surface area contributed by atoms with Crippen LogP contribution in [0, 0.1) is 0 Å². The molecule has 15 heteroatoms. The fourth-order valence-electron chi connectivity index (χ4n) is 4.89. The fraction of sp³-hybridized carbons (Fsp3) is 0.444. The lowest BCUT2D eigenvalue weighted by Gasteiger charge is -2.45. The number of ether oxygens (including phenoxy) is 4. The standard InChI is InChI=1S/C27H30O15/c1-9-17(32)20(35)21(36)26(38-9)41-24-18(33)15(8-28)40-27(22(24)37)42-25-19(34)16-13(31)6-12(30)7-14(16)39-23(25)10-2-4-11(29)5-3-10/h2-7,9,15,17-18,20-22,24,26-33,35-37H,8H2,1H3/t9-,15+,17-,18+,20+,21-,22-,24-,26+,27+/m1/s1. The summed E-state index contributed by atoms with van der Waals surface area (Å²) in [5.74, 6) is -2.00. The van der Waals surface area contributed by atoms with E-state index in [-0.39, 0.29) is 28.0 Å². The molecule has 0 aliphatic carbocycles. The SMILES string of the molecule is C[C@H]1O[C@@H](O[C@@H]2[C@@H](O)[C@H](CO)O[C@@H](Oc3c(-c4ccc(O)cc4)oc4cc(O)cc(O)c4c3=O)[C@@H]2O)[C@H](O)[C@@H](O)[C@@H]1O. The maximum absolute atomic E-state index is 13.6. The van der Waals surface area contributed by atoms with Crippen LogP contribution in [0.25, 0.3) is 22.3 Å². The quantitative estimate of drug-likeness (QED) is 0.159. The van der Waals surface area contributed by atoms with Crippen LogP contribution in [-0.4, -0.2) is 114 Å². The maximum atomic E-state index is 13.6. The summed E-state index contributed by atoms with van der Waals surface area (Å²) in [5, 5.41) is 91.9. The molecule has 2 fully saturated rings. The average molecular weight is 595 g/mol. The van der Waals surface area contributed by atoms with Crippen molar-refractivity contribution in [2.24, 2.45) is 0 Å². The van der Waals surface area contributed by atoms with Gasteiger partial charge in [-0.2, -0.15) is 0 Å². The Morgan fingerprint density at radius 2 is 1.50 bits per heavy atom. The van der Waals surface area contributed by atoms with Gasteiger partial charge in [-0.05, 0) is 31.2 Å². The molecule has 0 saturated carbocycles. The van der Waals surface area contributed by atoms with Gasteiger partial charge in [-0.3, -0.25) is 4.79 Å². The van der Waals surface area contributed by atoms with Gasteiger partial charge in [0.15, 0.2) is 12.1 Å². The minimum Gasteiger partial charge on any atom is -0.508 e. The minimum absolute atomic E-state index is 0.107. The second kappa shape index (κ2) is 11.6. The molecule has 0 spiro atoms. The molecular formula is C27H30O15. The summed E-state index contributed by atoms with van der Waals surface area (Å²) in [7, 11) is 0. The number of rotatable bonds is 6. The Kier molecular flexibility index (Phi) is 8.30. The third-order valence-electron chi connectivity index (χ3n) is 7.20. The average Bonchev–Trinajstić information content (AvgIpc) is 2.95. The van der Waals surface area contributed by atoms with E-state index in [4.69, 9.17) is 23.4 Å². The molecule has 2 aliphatic heterocycles. The molecule has 15 nitrogen and oxygen atoms in total. The summed E-state index contributed by atoms with van der Waals surface area (Å²) in [6.07, 6.45) is -16.2. The third kappa shape index (κ3) is 5.37. The zero-order valence-electron chi connectivity index (χ0n) is 21.9. The molecule has 9 N–H and O–H groups in total. The number of benzene rings is 2. The summed E-state index contributed by atoms with van der Waals surface area (Å²) < 4.78 is 28.1. The molecule has 3 heterocycles. The van der Waals surface area contributed by atoms with Gasteiger partial charge in [-0.25, -0.2) is 0 Å². The number of hydrogen-bond acceptors (Lipinski definition) is 15. The van der Waals surface area contributed by atoms with E-state index in [1.807, 2.05) is 0 Å². The zero-order valence-corrected chi connectivity index (χ0v) is 21.9. The molecule has 10 atom stereocenters. The van der Waals surface area contributed by atoms with Gasteiger partial charge in [-0.1, -0.05) is 0 Å². The second-order valence-corrected chi connectivity index (χ2v) is 10.1. The summed E-state index contributed by atoms with van der Waals surface area (Å²) in [6.45, 7) is 0.588. The lowest BCUT2D eigenvalue weighted by atomic mass is 9.97. The van der Waals surface area contributed by atoms with Crippen molar-refractivity contribution in [1.82, 2.24) is 0 Å². The Bertz CT molecular complexity index is 1470. The molecule has 0 unspecified atom stereocenters. The number of aromatic hydroxyl groups is 3. The summed E-state index contributed by atoms with van der Waals surface area (Å²) >= 11 is 0. The number of aliphatic hydroxyl groups excluding tert-OH is 6. The van der Waals surface area contributed by atoms with Crippen LogP contribution >= 0.6 is 0 Å². The van der Waals surface area contributed by atoms with Gasteiger partial charge >= 0.3 is 0 Å². The van der Waals surface area contributed by atoms with Crippen molar-refractivity contribution < 1.29 is 69.3 Å². The highest BCUT2D eigenvalue weighted by Crippen LogP contribution is 2.38. The first kappa shape index (κ1) is 30.0. The highest BCUT2D eigenvalue weighted by Gasteiger charge is 2.51. The Labute approximate surface area is 236 Å². The van der Waals surface area contributed by atoms with Crippen molar-refractivity contribution in [3.63, 3.8) is 0 Å². The highest BCUT2D eigenvalue weighted by molar-refractivity contribution is 5.88. The Morgan fingerprint density at radius 1 is 0.810 bits per heavy atom. The monoisotopic (exact) mass is 594 g/mol. The van der Waals surface area contributed by atoms with Gasteiger partial charge < -0.3 is 69.3 Å². The summed E-state index contributed by atoms with van der Waals surface area (Å²) in [6, 6.07) is 7.32. The first-order valence-corrected chi connectivity index (χ1v) is 12.9. The number of hydrogen-bond donors (Lipinski definition) is 9. The molecule has 5 rings (SSSR count). The number of aliphatic hydroxyl groups is 6. The molecule has 42 heavy (non-hydrogen) atoms. The van der Waals surface area contributed by atoms with E-state index in [0.717, 1.165) is 12.1 Å². The topological polar surface area (TPSA) is 249 Å². The van der Waals surface area contributed by atoms with Crippen molar-refractivity contribution >= 4 is 11.0 Å². The molecule has 1 aromatic heterocycles. The highest BCUT2D eigenvalue weighted by atomic mass is 16.7. The number of phenolic OH excluding ortho intramolecular Hbond substituents is 3. The summed E-state index contributed by atoms with van der Waals surface area (Å²) in [5.41, 5.74) is -0.975. The second-order valence-electron chi connectivity index (χ2n) is 10.1. The predicted molar refractivity (Wildman–Crippen MR) is 139 cm³/mol. The Hall–Kier alpha value is -3.51. The van der Waals surface area contributed by atoms with Crippen LogP contribution in [0.4, 0.5) is 0 Å². The molecule has 228 valence electrons. The Balaban J connectivity index is 1.54. The maximum Gasteiger partial charge on any atom is 0.239 e. The van der Waals surface area contributed by atoms with Gasteiger partial charge in [0.1, 0.15) is 70.9 Å². The third-order valence-corrected chi connectivity index (χ3v) is 7.20. The zero-order chi connectivity index (χ0) is 30.5. The van der Waals surface area contributed by atoms with Crippen LogP contribution in [0.5, 0.6) is 23.0 Å². The van der Waals surface area contributed by atoms with Crippen LogP contribution < -0.4 is 10.2 Å². The van der Waals surface area contributed by atoms with Crippen molar-refractivity contribution in [3.05, 3.63) is 46.6 Å². The van der Waals surface area contributed by atoms with Gasteiger partial charge in [0, 0.05) is 17.7 Å². The van der Waals surface area contributed by atoms with Crippen LogP contribution in [0.3, 0.4) is 0 Å². The minimum atomic E-state index is -1.92. The van der Waals surface area contributed by atoms with Crippen molar-refractivity contribution in [3.8, 4) is 34.3 Å². The van der Waals surface area contributed by atoms with Crippen LogP contribution in [0.2, 0.25) is 0 Å². The van der Waals surface area contributed by atoms with Crippen molar-refractivity contribution in [2.75, 3.05) is 6.61 Å². The molecule has 2 saturated heterocycles. The summed E-state index contributed by atoms with van der Waals surface area (Å²) in [4.78, 5) is 13.6. The van der Waals surface area contributed by atoms with E-state index in [1.54, 1.807) is 0 Å².